The molecule has 0 aliphatic carbocycles. The summed E-state index contributed by atoms with van der Waals surface area (Å²) >= 11 is 0. The summed E-state index contributed by atoms with van der Waals surface area (Å²) in [6, 6.07) is 5.28. The fourth-order valence-electron chi connectivity index (χ4n) is 3.27. The Kier molecular flexibility index (Phi) is 5.40. The van der Waals surface area contributed by atoms with Gasteiger partial charge < -0.3 is 20.3 Å². The van der Waals surface area contributed by atoms with Gasteiger partial charge in [0.2, 0.25) is 5.96 Å². The van der Waals surface area contributed by atoms with E-state index in [1.54, 1.807) is 24.2 Å². The van der Waals surface area contributed by atoms with E-state index in [2.05, 4.69) is 15.6 Å². The second-order valence-corrected chi connectivity index (χ2v) is 6.21. The zero-order chi connectivity index (χ0) is 19.4. The van der Waals surface area contributed by atoms with Crippen LogP contribution in [0.25, 0.3) is 0 Å². The molecular weight excluding hydrogens is 353 g/mol. The minimum atomic E-state index is -0.514. The molecule has 1 aromatic rings. The lowest BCUT2D eigenvalue weighted by molar-refractivity contribution is 0.121. The van der Waals surface area contributed by atoms with Crippen molar-refractivity contribution in [3.05, 3.63) is 35.1 Å². The molecule has 2 amide bonds. The average Bonchev–Trinajstić information content (AvgIpc) is 3.18. The normalized spacial score (nSPS) is 20.0. The smallest absolute Gasteiger partial charge is 0.341 e. The van der Waals surface area contributed by atoms with E-state index in [0.29, 0.717) is 44.1 Å². The van der Waals surface area contributed by atoms with E-state index in [1.807, 2.05) is 11.0 Å². The summed E-state index contributed by atoms with van der Waals surface area (Å²) in [6.07, 6.45) is 2.08. The van der Waals surface area contributed by atoms with Crippen LogP contribution in [-0.2, 0) is 0 Å². The van der Waals surface area contributed by atoms with Crippen LogP contribution in [-0.4, -0.2) is 71.4 Å². The SMILES string of the molecule is CN/C(=N\O)N1CCN(C(=O)N2N=CC[C@H]2c2cc(F)cc(C#N)c2)CC1. The highest BCUT2D eigenvalue weighted by Gasteiger charge is 2.33. The molecule has 1 aromatic carbocycles. The number of hydrazone groups is 1. The number of piperazine rings is 1. The quantitative estimate of drug-likeness (QED) is 0.332. The number of oxime groups is 1. The Balaban J connectivity index is 1.71. The highest BCUT2D eigenvalue weighted by atomic mass is 19.1. The molecule has 1 fully saturated rings. The first-order valence-corrected chi connectivity index (χ1v) is 8.53. The number of rotatable bonds is 1. The van der Waals surface area contributed by atoms with Crippen LogP contribution in [0.5, 0.6) is 0 Å². The number of urea groups is 1. The van der Waals surface area contributed by atoms with Gasteiger partial charge >= 0.3 is 6.03 Å². The Morgan fingerprint density at radius 2 is 2.04 bits per heavy atom. The number of hydrogen-bond donors (Lipinski definition) is 2. The van der Waals surface area contributed by atoms with Crippen molar-refractivity contribution in [2.75, 3.05) is 33.2 Å². The Labute approximate surface area is 155 Å². The second-order valence-electron chi connectivity index (χ2n) is 6.21. The standard InChI is InChI=1S/C17H20FN7O2/c1-20-16(22-27)23-4-6-24(7-5-23)17(26)25-15(2-3-21-25)13-8-12(11-19)9-14(18)10-13/h3,8-10,15,27H,2,4-7H2,1H3,(H,20,22)/t15-/m0/s1. The predicted octanol–water partition coefficient (Wildman–Crippen LogP) is 1.13. The predicted molar refractivity (Wildman–Crippen MR) is 95.6 cm³/mol. The van der Waals surface area contributed by atoms with Gasteiger partial charge in [-0.3, -0.25) is 0 Å². The monoisotopic (exact) mass is 373 g/mol. The molecule has 0 spiro atoms. The number of guanidine groups is 1. The lowest BCUT2D eigenvalue weighted by Gasteiger charge is -2.37. The molecule has 27 heavy (non-hydrogen) atoms. The molecule has 9 nitrogen and oxygen atoms in total. The summed E-state index contributed by atoms with van der Waals surface area (Å²) < 4.78 is 13.8. The molecule has 1 saturated heterocycles. The molecule has 10 heteroatoms. The molecule has 2 heterocycles. The van der Waals surface area contributed by atoms with Crippen molar-refractivity contribution < 1.29 is 14.4 Å². The Morgan fingerprint density at radius 3 is 2.67 bits per heavy atom. The van der Waals surface area contributed by atoms with Gasteiger partial charge in [-0.1, -0.05) is 5.16 Å². The van der Waals surface area contributed by atoms with E-state index in [9.17, 15) is 9.18 Å². The van der Waals surface area contributed by atoms with E-state index in [-0.39, 0.29) is 11.6 Å². The van der Waals surface area contributed by atoms with Gasteiger partial charge in [-0.2, -0.15) is 10.4 Å². The first kappa shape index (κ1) is 18.4. The zero-order valence-electron chi connectivity index (χ0n) is 14.8. The molecule has 3 rings (SSSR count). The molecule has 0 bridgehead atoms. The third-order valence-electron chi connectivity index (χ3n) is 4.63. The highest BCUT2D eigenvalue weighted by Crippen LogP contribution is 2.30. The number of carbonyl (C=O) groups excluding carboxylic acids is 1. The van der Waals surface area contributed by atoms with Crippen molar-refractivity contribution in [2.45, 2.75) is 12.5 Å². The number of nitrogens with one attached hydrogen (secondary N) is 1. The van der Waals surface area contributed by atoms with Crippen LogP contribution in [0.1, 0.15) is 23.6 Å². The molecule has 2 aliphatic rings. The summed E-state index contributed by atoms with van der Waals surface area (Å²) in [4.78, 5) is 16.4. The van der Waals surface area contributed by atoms with Gasteiger partial charge in [0, 0.05) is 45.9 Å². The number of nitrogens with zero attached hydrogens (tertiary/aromatic N) is 6. The second kappa shape index (κ2) is 7.90. The fraction of sp³-hybridized carbons (Fsp3) is 0.412. The van der Waals surface area contributed by atoms with E-state index >= 15 is 0 Å². The number of carbonyl (C=O) groups is 1. The number of halogens is 1. The van der Waals surface area contributed by atoms with E-state index in [1.165, 1.54) is 11.1 Å². The van der Waals surface area contributed by atoms with Crippen molar-refractivity contribution in [3.63, 3.8) is 0 Å². The topological polar surface area (TPSA) is 108 Å². The van der Waals surface area contributed by atoms with Crippen molar-refractivity contribution in [1.82, 2.24) is 20.1 Å². The van der Waals surface area contributed by atoms with Crippen LogP contribution in [0, 0.1) is 17.1 Å². The molecule has 0 radical (unpaired) electrons. The van der Waals surface area contributed by atoms with Crippen LogP contribution in [0.2, 0.25) is 0 Å². The lowest BCUT2D eigenvalue weighted by atomic mass is 10.0. The first-order valence-electron chi connectivity index (χ1n) is 8.53. The van der Waals surface area contributed by atoms with Crippen LogP contribution < -0.4 is 5.32 Å². The van der Waals surface area contributed by atoms with Gasteiger partial charge in [-0.15, -0.1) is 0 Å². The van der Waals surface area contributed by atoms with Crippen molar-refractivity contribution in [2.24, 2.45) is 10.3 Å². The van der Waals surface area contributed by atoms with Crippen molar-refractivity contribution in [1.29, 1.82) is 5.26 Å². The van der Waals surface area contributed by atoms with E-state index < -0.39 is 11.9 Å². The summed E-state index contributed by atoms with van der Waals surface area (Å²) in [5.41, 5.74) is 0.752. The third kappa shape index (κ3) is 3.76. The number of benzene rings is 1. The number of nitriles is 1. The van der Waals surface area contributed by atoms with Gasteiger partial charge in [0.15, 0.2) is 0 Å². The van der Waals surface area contributed by atoms with Crippen LogP contribution in [0.4, 0.5) is 9.18 Å². The third-order valence-corrected chi connectivity index (χ3v) is 4.63. The lowest BCUT2D eigenvalue weighted by Crippen LogP contribution is -2.55. The summed E-state index contributed by atoms with van der Waals surface area (Å²) in [7, 11) is 1.66. The maximum Gasteiger partial charge on any atom is 0.341 e. The minimum Gasteiger partial charge on any atom is -0.408 e. The minimum absolute atomic E-state index is 0.209. The highest BCUT2D eigenvalue weighted by molar-refractivity contribution is 5.81. The molecule has 0 unspecified atom stereocenters. The zero-order valence-corrected chi connectivity index (χ0v) is 14.8. The molecule has 1 atom stereocenters. The van der Waals surface area contributed by atoms with Crippen molar-refractivity contribution >= 4 is 18.2 Å². The van der Waals surface area contributed by atoms with Crippen LogP contribution in [0.15, 0.2) is 28.5 Å². The molecule has 2 N–H and O–H groups in total. The Bertz CT molecular complexity index is 812. The molecular formula is C17H20FN7O2. The van der Waals surface area contributed by atoms with Gasteiger partial charge in [-0.25, -0.2) is 14.2 Å². The largest absolute Gasteiger partial charge is 0.408 e. The summed E-state index contributed by atoms with van der Waals surface area (Å²) in [6.45, 7) is 1.88. The fourth-order valence-corrected chi connectivity index (χ4v) is 3.27. The maximum atomic E-state index is 13.8. The van der Waals surface area contributed by atoms with Gasteiger partial charge in [-0.05, 0) is 23.8 Å². The van der Waals surface area contributed by atoms with E-state index in [0.717, 1.165) is 6.07 Å². The summed E-state index contributed by atoms with van der Waals surface area (Å²) in [5, 5.41) is 29.5. The van der Waals surface area contributed by atoms with Gasteiger partial charge in [0.05, 0.1) is 17.7 Å². The Morgan fingerprint density at radius 1 is 1.33 bits per heavy atom. The molecule has 0 aromatic heterocycles. The van der Waals surface area contributed by atoms with Crippen molar-refractivity contribution in [3.8, 4) is 6.07 Å². The summed E-state index contributed by atoms with van der Waals surface area (Å²) in [5.74, 6) is -0.164. The average molecular weight is 373 g/mol. The molecule has 0 saturated carbocycles. The maximum absolute atomic E-state index is 13.8. The van der Waals surface area contributed by atoms with Crippen LogP contribution >= 0.6 is 0 Å². The van der Waals surface area contributed by atoms with Gasteiger partial charge in [0.25, 0.3) is 0 Å². The molecule has 2 aliphatic heterocycles. The van der Waals surface area contributed by atoms with Gasteiger partial charge in [0.1, 0.15) is 5.82 Å². The van der Waals surface area contributed by atoms with E-state index in [4.69, 9.17) is 10.5 Å². The van der Waals surface area contributed by atoms with Crippen LogP contribution in [0.3, 0.4) is 0 Å². The number of amides is 2. The Hall–Kier alpha value is -3.35. The molecule has 142 valence electrons. The number of hydrogen-bond acceptors (Lipinski definition) is 5. The first-order chi connectivity index (χ1) is 13.1.